The quantitative estimate of drug-likeness (QED) is 0.671. The van der Waals surface area contributed by atoms with E-state index in [1.807, 2.05) is 6.92 Å². The van der Waals surface area contributed by atoms with Crippen LogP contribution >= 0.6 is 0 Å². The highest BCUT2D eigenvalue weighted by atomic mass is 28.3. The van der Waals surface area contributed by atoms with E-state index in [1.54, 1.807) is 0 Å². The molecular formula is C10H22O2Si. The summed E-state index contributed by atoms with van der Waals surface area (Å²) in [5.74, 6) is -0.711. The van der Waals surface area contributed by atoms with Gasteiger partial charge in [0.15, 0.2) is 0 Å². The number of carbonyl (C=O) groups is 1. The molecule has 0 aromatic carbocycles. The molecule has 0 heterocycles. The summed E-state index contributed by atoms with van der Waals surface area (Å²) < 4.78 is 0. The standard InChI is InChI=1S/C10H22O2Si/c1-5-6-9(10(11)12)7-8-13(2,3)4/h9H,5-8H2,1-4H3,(H,11,12). The summed E-state index contributed by atoms with van der Waals surface area (Å²) >= 11 is 0. The fraction of sp³-hybridized carbons (Fsp3) is 0.900. The molecule has 0 radical (unpaired) electrons. The summed E-state index contributed by atoms with van der Waals surface area (Å²) in [7, 11) is -1.06. The van der Waals surface area contributed by atoms with Crippen molar-refractivity contribution >= 4 is 14.0 Å². The summed E-state index contributed by atoms with van der Waals surface area (Å²) in [4.78, 5) is 10.8. The zero-order valence-corrected chi connectivity index (χ0v) is 10.3. The molecule has 0 aromatic rings. The zero-order chi connectivity index (χ0) is 10.5. The normalized spacial score (nSPS) is 14.2. The van der Waals surface area contributed by atoms with Crippen molar-refractivity contribution in [3.63, 3.8) is 0 Å². The first-order valence-electron chi connectivity index (χ1n) is 5.09. The lowest BCUT2D eigenvalue weighted by Crippen LogP contribution is -2.23. The molecule has 0 aliphatic rings. The second-order valence-electron chi connectivity index (χ2n) is 4.92. The van der Waals surface area contributed by atoms with E-state index in [-0.39, 0.29) is 5.92 Å². The van der Waals surface area contributed by atoms with Gasteiger partial charge in [-0.3, -0.25) is 4.79 Å². The lowest BCUT2D eigenvalue weighted by molar-refractivity contribution is -0.142. The molecule has 0 aromatic heterocycles. The number of rotatable bonds is 6. The van der Waals surface area contributed by atoms with Crippen LogP contribution in [0.1, 0.15) is 26.2 Å². The van der Waals surface area contributed by atoms with Gasteiger partial charge >= 0.3 is 5.97 Å². The summed E-state index contributed by atoms with van der Waals surface area (Å²) in [6, 6.07) is 1.13. The predicted octanol–water partition coefficient (Wildman–Crippen LogP) is 3.22. The van der Waals surface area contributed by atoms with E-state index in [2.05, 4.69) is 19.6 Å². The Balaban J connectivity index is 3.90. The predicted molar refractivity (Wildman–Crippen MR) is 58.8 cm³/mol. The molecule has 1 atom stereocenters. The molecular weight excluding hydrogens is 180 g/mol. The molecule has 0 fully saturated rings. The lowest BCUT2D eigenvalue weighted by atomic mass is 10.0. The van der Waals surface area contributed by atoms with Crippen LogP contribution in [0.3, 0.4) is 0 Å². The van der Waals surface area contributed by atoms with E-state index in [9.17, 15) is 4.79 Å². The Kier molecular flexibility index (Phi) is 5.29. The van der Waals surface area contributed by atoms with Gasteiger partial charge in [0.05, 0.1) is 5.92 Å². The van der Waals surface area contributed by atoms with Gasteiger partial charge < -0.3 is 5.11 Å². The van der Waals surface area contributed by atoms with E-state index in [0.717, 1.165) is 25.3 Å². The minimum Gasteiger partial charge on any atom is -0.481 e. The molecule has 0 spiro atoms. The van der Waals surface area contributed by atoms with E-state index in [0.29, 0.717) is 0 Å². The van der Waals surface area contributed by atoms with Gasteiger partial charge in [-0.2, -0.15) is 0 Å². The summed E-state index contributed by atoms with van der Waals surface area (Å²) in [5, 5.41) is 8.92. The first kappa shape index (κ1) is 12.7. The molecule has 0 rings (SSSR count). The molecule has 13 heavy (non-hydrogen) atoms. The lowest BCUT2D eigenvalue weighted by Gasteiger charge is -2.18. The molecule has 0 aliphatic carbocycles. The number of carboxylic acid groups (broad SMARTS) is 1. The Bertz CT molecular complexity index is 161. The molecule has 0 aliphatic heterocycles. The topological polar surface area (TPSA) is 37.3 Å². The molecule has 0 saturated heterocycles. The first-order chi connectivity index (χ1) is 5.87. The Morgan fingerprint density at radius 1 is 1.31 bits per heavy atom. The monoisotopic (exact) mass is 202 g/mol. The minimum absolute atomic E-state index is 0.100. The maximum absolute atomic E-state index is 10.8. The van der Waals surface area contributed by atoms with Crippen molar-refractivity contribution in [3.05, 3.63) is 0 Å². The van der Waals surface area contributed by atoms with Gasteiger partial charge in [0.1, 0.15) is 0 Å². The van der Waals surface area contributed by atoms with E-state index in [1.165, 1.54) is 0 Å². The second kappa shape index (κ2) is 5.42. The van der Waals surface area contributed by atoms with Gasteiger partial charge in [0.2, 0.25) is 0 Å². The molecule has 0 amide bonds. The van der Waals surface area contributed by atoms with Crippen molar-refractivity contribution in [2.24, 2.45) is 5.92 Å². The summed E-state index contributed by atoms with van der Waals surface area (Å²) in [6.07, 6.45) is 2.68. The van der Waals surface area contributed by atoms with Gasteiger partial charge in [0, 0.05) is 8.07 Å². The van der Waals surface area contributed by atoms with Crippen LogP contribution in [0.25, 0.3) is 0 Å². The number of carboxylic acids is 1. The number of hydrogen-bond acceptors (Lipinski definition) is 1. The van der Waals surface area contributed by atoms with Crippen molar-refractivity contribution in [1.82, 2.24) is 0 Å². The molecule has 78 valence electrons. The van der Waals surface area contributed by atoms with Crippen molar-refractivity contribution in [2.75, 3.05) is 0 Å². The van der Waals surface area contributed by atoms with Crippen LogP contribution in [-0.2, 0) is 4.79 Å². The van der Waals surface area contributed by atoms with Gasteiger partial charge in [-0.1, -0.05) is 39.0 Å². The molecule has 1 N–H and O–H groups in total. The van der Waals surface area contributed by atoms with Crippen LogP contribution in [-0.4, -0.2) is 19.1 Å². The Morgan fingerprint density at radius 2 is 1.85 bits per heavy atom. The molecule has 1 unspecified atom stereocenters. The van der Waals surface area contributed by atoms with Gasteiger partial charge in [-0.15, -0.1) is 0 Å². The Morgan fingerprint density at radius 3 is 2.15 bits per heavy atom. The van der Waals surface area contributed by atoms with Crippen molar-refractivity contribution in [1.29, 1.82) is 0 Å². The SMILES string of the molecule is CCCC(CC[Si](C)(C)C)C(=O)O. The van der Waals surface area contributed by atoms with Crippen LogP contribution < -0.4 is 0 Å². The minimum atomic E-state index is -1.06. The Hall–Kier alpha value is -0.313. The third-order valence-corrected chi connectivity index (χ3v) is 4.02. The van der Waals surface area contributed by atoms with Crippen LogP contribution in [0, 0.1) is 5.92 Å². The van der Waals surface area contributed by atoms with Gasteiger partial charge in [-0.05, 0) is 12.8 Å². The highest BCUT2D eigenvalue weighted by molar-refractivity contribution is 6.76. The summed E-state index contributed by atoms with van der Waals surface area (Å²) in [6.45, 7) is 8.91. The Labute approximate surface area is 82.4 Å². The van der Waals surface area contributed by atoms with Crippen molar-refractivity contribution in [2.45, 2.75) is 51.9 Å². The zero-order valence-electron chi connectivity index (χ0n) is 9.26. The second-order valence-corrected chi connectivity index (χ2v) is 10.5. The highest BCUT2D eigenvalue weighted by Crippen LogP contribution is 2.20. The fourth-order valence-electron chi connectivity index (χ4n) is 1.35. The molecule has 0 saturated carbocycles. The van der Waals surface area contributed by atoms with Crippen LogP contribution in [0.5, 0.6) is 0 Å². The highest BCUT2D eigenvalue weighted by Gasteiger charge is 2.20. The van der Waals surface area contributed by atoms with Crippen LogP contribution in [0.15, 0.2) is 0 Å². The van der Waals surface area contributed by atoms with E-state index in [4.69, 9.17) is 5.11 Å². The summed E-state index contributed by atoms with van der Waals surface area (Å²) in [5.41, 5.74) is 0. The third kappa shape index (κ3) is 6.81. The van der Waals surface area contributed by atoms with Crippen LogP contribution in [0.2, 0.25) is 25.7 Å². The molecule has 3 heteroatoms. The number of hydrogen-bond donors (Lipinski definition) is 1. The average molecular weight is 202 g/mol. The number of aliphatic carboxylic acids is 1. The molecule has 2 nitrogen and oxygen atoms in total. The smallest absolute Gasteiger partial charge is 0.306 e. The van der Waals surface area contributed by atoms with Crippen LogP contribution in [0.4, 0.5) is 0 Å². The van der Waals surface area contributed by atoms with Gasteiger partial charge in [0.25, 0.3) is 0 Å². The molecule has 0 bridgehead atoms. The third-order valence-electron chi connectivity index (χ3n) is 2.23. The maximum atomic E-state index is 10.8. The van der Waals surface area contributed by atoms with E-state index < -0.39 is 14.0 Å². The van der Waals surface area contributed by atoms with Crippen molar-refractivity contribution in [3.8, 4) is 0 Å². The average Bonchev–Trinajstić information content (AvgIpc) is 1.95. The maximum Gasteiger partial charge on any atom is 0.306 e. The first-order valence-corrected chi connectivity index (χ1v) is 8.80. The van der Waals surface area contributed by atoms with Gasteiger partial charge in [-0.25, -0.2) is 0 Å². The fourth-order valence-corrected chi connectivity index (χ4v) is 2.56. The van der Waals surface area contributed by atoms with E-state index >= 15 is 0 Å². The largest absolute Gasteiger partial charge is 0.481 e. The van der Waals surface area contributed by atoms with Crippen molar-refractivity contribution < 1.29 is 9.90 Å².